The lowest BCUT2D eigenvalue weighted by atomic mass is 10.1. The second-order valence-corrected chi connectivity index (χ2v) is 5.88. The van der Waals surface area contributed by atoms with Crippen molar-refractivity contribution in [1.82, 2.24) is 10.1 Å². The largest absolute Gasteiger partial charge is 0.482 e. The molecular formula is C15H13N3O2S. The summed E-state index contributed by atoms with van der Waals surface area (Å²) in [6.07, 6.45) is 0.555. The predicted octanol–water partition coefficient (Wildman–Crippen LogP) is 2.86. The molecule has 5 nitrogen and oxygen atoms in total. The van der Waals surface area contributed by atoms with Gasteiger partial charge in [0.05, 0.1) is 0 Å². The molecule has 2 N–H and O–H groups in total. The summed E-state index contributed by atoms with van der Waals surface area (Å²) in [6, 6.07) is 11.5. The number of thiophene rings is 1. The number of nitrogens with zero attached hydrogens (tertiary/aromatic N) is 2. The highest BCUT2D eigenvalue weighted by atomic mass is 32.1. The van der Waals surface area contributed by atoms with E-state index in [4.69, 9.17) is 15.0 Å². The van der Waals surface area contributed by atoms with Crippen molar-refractivity contribution in [1.29, 1.82) is 0 Å². The molecule has 4 rings (SSSR count). The minimum Gasteiger partial charge on any atom is -0.482 e. The first-order valence-corrected chi connectivity index (χ1v) is 7.56. The number of hydrogen-bond donors (Lipinski definition) is 1. The maximum atomic E-state index is 6.13. The normalized spacial score (nSPS) is 18.2. The number of ether oxygens (including phenoxy) is 1. The van der Waals surface area contributed by atoms with Crippen LogP contribution in [0, 0.1) is 0 Å². The lowest BCUT2D eigenvalue weighted by molar-refractivity contribution is 0.221. The summed E-state index contributed by atoms with van der Waals surface area (Å²) in [7, 11) is 0. The van der Waals surface area contributed by atoms with Crippen LogP contribution in [0.2, 0.25) is 0 Å². The molecule has 2 aromatic heterocycles. The summed E-state index contributed by atoms with van der Waals surface area (Å²) in [6.45, 7) is 0. The standard InChI is InChI=1S/C15H13N3O2S/c16-13(12-6-3-7-21-12)15-17-14(18-20-15)11-8-9-4-1-2-5-10(9)19-11/h1-7,11,13H,8,16H2. The van der Waals surface area contributed by atoms with Gasteiger partial charge in [0.2, 0.25) is 11.7 Å². The summed E-state index contributed by atoms with van der Waals surface area (Å²) in [5, 5.41) is 6.00. The molecule has 1 aliphatic rings. The molecule has 1 aliphatic heterocycles. The lowest BCUT2D eigenvalue weighted by Gasteiger charge is -2.05. The molecular weight excluding hydrogens is 286 g/mol. The van der Waals surface area contributed by atoms with Gasteiger partial charge in [-0.05, 0) is 23.1 Å². The van der Waals surface area contributed by atoms with Crippen LogP contribution in [0.25, 0.3) is 0 Å². The first kappa shape index (κ1) is 12.6. The Bertz CT molecular complexity index is 729. The lowest BCUT2D eigenvalue weighted by Crippen LogP contribution is -2.11. The fourth-order valence-electron chi connectivity index (χ4n) is 2.42. The molecule has 0 saturated carbocycles. The van der Waals surface area contributed by atoms with Crippen LogP contribution in [0.4, 0.5) is 0 Å². The van der Waals surface area contributed by atoms with E-state index in [-0.39, 0.29) is 12.1 Å². The summed E-state index contributed by atoms with van der Waals surface area (Å²) in [5.74, 6) is 1.86. The molecule has 21 heavy (non-hydrogen) atoms. The van der Waals surface area contributed by atoms with E-state index >= 15 is 0 Å². The Balaban J connectivity index is 1.56. The van der Waals surface area contributed by atoms with E-state index in [2.05, 4.69) is 10.1 Å². The van der Waals surface area contributed by atoms with Crippen LogP contribution in [0.1, 0.15) is 34.3 Å². The highest BCUT2D eigenvalue weighted by Gasteiger charge is 2.29. The smallest absolute Gasteiger partial charge is 0.249 e. The quantitative estimate of drug-likeness (QED) is 0.805. The summed E-state index contributed by atoms with van der Waals surface area (Å²) >= 11 is 1.57. The van der Waals surface area contributed by atoms with E-state index in [0.717, 1.165) is 22.6 Å². The van der Waals surface area contributed by atoms with Gasteiger partial charge in [-0.25, -0.2) is 0 Å². The summed E-state index contributed by atoms with van der Waals surface area (Å²) in [5.41, 5.74) is 7.29. The van der Waals surface area contributed by atoms with Crippen molar-refractivity contribution in [3.8, 4) is 5.75 Å². The molecule has 0 bridgehead atoms. The van der Waals surface area contributed by atoms with Gasteiger partial charge < -0.3 is 15.0 Å². The topological polar surface area (TPSA) is 74.2 Å². The highest BCUT2D eigenvalue weighted by molar-refractivity contribution is 7.10. The van der Waals surface area contributed by atoms with E-state index in [1.807, 2.05) is 41.8 Å². The van der Waals surface area contributed by atoms with Gasteiger partial charge in [0, 0.05) is 11.3 Å². The third-order valence-electron chi connectivity index (χ3n) is 3.51. The van der Waals surface area contributed by atoms with Crippen LogP contribution in [0.15, 0.2) is 46.3 Å². The van der Waals surface area contributed by atoms with Gasteiger partial charge in [0.25, 0.3) is 0 Å². The second-order valence-electron chi connectivity index (χ2n) is 4.90. The van der Waals surface area contributed by atoms with Crippen LogP contribution in [-0.2, 0) is 6.42 Å². The van der Waals surface area contributed by atoms with Gasteiger partial charge in [0.15, 0.2) is 6.10 Å². The Morgan fingerprint density at radius 3 is 2.95 bits per heavy atom. The van der Waals surface area contributed by atoms with Crippen molar-refractivity contribution in [2.24, 2.45) is 5.73 Å². The van der Waals surface area contributed by atoms with Gasteiger partial charge in [-0.1, -0.05) is 29.4 Å². The maximum absolute atomic E-state index is 6.13. The molecule has 3 heterocycles. The minimum absolute atomic E-state index is 0.199. The molecule has 0 spiro atoms. The third-order valence-corrected chi connectivity index (χ3v) is 4.46. The highest BCUT2D eigenvalue weighted by Crippen LogP contribution is 2.35. The average molecular weight is 299 g/mol. The van der Waals surface area contributed by atoms with Gasteiger partial charge in [-0.3, -0.25) is 0 Å². The van der Waals surface area contributed by atoms with E-state index in [9.17, 15) is 0 Å². The molecule has 3 aromatic rings. The summed E-state index contributed by atoms with van der Waals surface area (Å²) < 4.78 is 11.2. The Morgan fingerprint density at radius 1 is 1.24 bits per heavy atom. The predicted molar refractivity (Wildman–Crippen MR) is 78.2 cm³/mol. The van der Waals surface area contributed by atoms with Crippen molar-refractivity contribution >= 4 is 11.3 Å². The van der Waals surface area contributed by atoms with E-state index in [1.165, 1.54) is 0 Å². The van der Waals surface area contributed by atoms with Gasteiger partial charge in [0.1, 0.15) is 11.8 Å². The zero-order valence-electron chi connectivity index (χ0n) is 11.1. The van der Waals surface area contributed by atoms with Crippen molar-refractivity contribution in [3.63, 3.8) is 0 Å². The molecule has 1 aromatic carbocycles. The number of rotatable bonds is 3. The van der Waals surface area contributed by atoms with Gasteiger partial charge >= 0.3 is 0 Å². The van der Waals surface area contributed by atoms with Crippen molar-refractivity contribution < 1.29 is 9.26 Å². The first-order chi connectivity index (χ1) is 10.3. The maximum Gasteiger partial charge on any atom is 0.249 e. The van der Waals surface area contributed by atoms with Crippen LogP contribution in [-0.4, -0.2) is 10.1 Å². The van der Waals surface area contributed by atoms with Crippen LogP contribution in [0.3, 0.4) is 0 Å². The Labute approximate surface area is 125 Å². The van der Waals surface area contributed by atoms with Crippen LogP contribution >= 0.6 is 11.3 Å². The van der Waals surface area contributed by atoms with E-state index < -0.39 is 0 Å². The van der Waals surface area contributed by atoms with Gasteiger partial charge in [-0.2, -0.15) is 4.98 Å². The fraction of sp³-hybridized carbons (Fsp3) is 0.200. The zero-order valence-corrected chi connectivity index (χ0v) is 11.9. The van der Waals surface area contributed by atoms with Crippen LogP contribution in [0.5, 0.6) is 5.75 Å². The SMILES string of the molecule is NC(c1nc(C2Cc3ccccc3O2)no1)c1cccs1. The van der Waals surface area contributed by atoms with E-state index in [1.54, 1.807) is 11.3 Å². The molecule has 0 amide bonds. The monoisotopic (exact) mass is 299 g/mol. The fourth-order valence-corrected chi connectivity index (χ4v) is 3.14. The number of fused-ring (bicyclic) bond motifs is 1. The molecule has 2 unspecified atom stereocenters. The molecule has 0 fully saturated rings. The Kier molecular flexibility index (Phi) is 2.98. The minimum atomic E-state index is -0.380. The molecule has 0 radical (unpaired) electrons. The number of para-hydroxylation sites is 1. The second kappa shape index (κ2) is 4.98. The van der Waals surface area contributed by atoms with Crippen LogP contribution < -0.4 is 10.5 Å². The zero-order chi connectivity index (χ0) is 14.2. The molecule has 2 atom stereocenters. The third kappa shape index (κ3) is 2.22. The first-order valence-electron chi connectivity index (χ1n) is 6.68. The molecule has 0 aliphatic carbocycles. The van der Waals surface area contributed by atoms with Gasteiger partial charge in [-0.15, -0.1) is 11.3 Å². The summed E-state index contributed by atoms with van der Waals surface area (Å²) in [4.78, 5) is 5.41. The number of nitrogens with two attached hydrogens (primary N) is 1. The molecule has 106 valence electrons. The Morgan fingerprint density at radius 2 is 2.14 bits per heavy atom. The Hall–Kier alpha value is -2.18. The average Bonchev–Trinajstić information content (AvgIpc) is 3.24. The number of hydrogen-bond acceptors (Lipinski definition) is 6. The van der Waals surface area contributed by atoms with Crippen molar-refractivity contribution in [2.75, 3.05) is 0 Å². The van der Waals surface area contributed by atoms with Crippen molar-refractivity contribution in [2.45, 2.75) is 18.6 Å². The molecule has 0 saturated heterocycles. The molecule has 6 heteroatoms. The van der Waals surface area contributed by atoms with Crippen molar-refractivity contribution in [3.05, 3.63) is 63.9 Å². The van der Waals surface area contributed by atoms with E-state index in [0.29, 0.717) is 11.7 Å². The number of benzene rings is 1. The number of aromatic nitrogens is 2.